The molecule has 1 aromatic carbocycles. The van der Waals surface area contributed by atoms with Crippen molar-refractivity contribution < 1.29 is 14.3 Å². The van der Waals surface area contributed by atoms with E-state index in [4.69, 9.17) is 9.47 Å². The molecule has 0 spiro atoms. The van der Waals surface area contributed by atoms with Crippen LogP contribution < -0.4 is 10.1 Å². The molecule has 0 fully saturated rings. The van der Waals surface area contributed by atoms with Crippen molar-refractivity contribution in [2.24, 2.45) is 0 Å². The number of nitrogens with one attached hydrogen (secondary N) is 1. The maximum Gasteiger partial charge on any atom is 0.329 e. The number of ether oxygens (including phenoxy) is 2. The lowest BCUT2D eigenvalue weighted by molar-refractivity contribution is -0.149. The summed E-state index contributed by atoms with van der Waals surface area (Å²) in [6.07, 6.45) is 0.942. The fourth-order valence-electron chi connectivity index (χ4n) is 1.67. The number of methoxy groups -OCH3 is 1. The van der Waals surface area contributed by atoms with Crippen LogP contribution in [0.5, 0.6) is 5.75 Å². The van der Waals surface area contributed by atoms with Crippen molar-refractivity contribution in [3.63, 3.8) is 0 Å². The number of carbonyl (C=O) groups is 1. The zero-order valence-corrected chi connectivity index (χ0v) is 12.2. The van der Waals surface area contributed by atoms with Gasteiger partial charge in [-0.1, -0.05) is 24.6 Å². The second-order valence-electron chi connectivity index (χ2n) is 4.85. The summed E-state index contributed by atoms with van der Waals surface area (Å²) in [4.78, 5) is 11.9. The van der Waals surface area contributed by atoms with E-state index in [2.05, 4.69) is 5.32 Å². The van der Waals surface area contributed by atoms with Crippen LogP contribution in [0.25, 0.3) is 0 Å². The number of aryl methyl sites for hydroxylation is 1. The van der Waals surface area contributed by atoms with Crippen molar-refractivity contribution in [1.29, 1.82) is 0 Å². The quantitative estimate of drug-likeness (QED) is 0.769. The van der Waals surface area contributed by atoms with Crippen LogP contribution in [0, 0.1) is 6.92 Å². The summed E-state index contributed by atoms with van der Waals surface area (Å²) in [6, 6.07) is 7.74. The Balaban J connectivity index is 2.67. The number of carbonyl (C=O) groups excluding carboxylic acids is 1. The standard InChI is InChI=1S/C15H23NO3/c1-5-10-16-15(3,14(17)18-4)11-19-13-8-6-12(2)7-9-13/h6-9,16H,5,10-11H2,1-4H3. The van der Waals surface area contributed by atoms with Crippen molar-refractivity contribution in [2.45, 2.75) is 32.7 Å². The molecule has 1 N–H and O–H groups in total. The van der Waals surface area contributed by atoms with Gasteiger partial charge in [0.05, 0.1) is 7.11 Å². The summed E-state index contributed by atoms with van der Waals surface area (Å²) < 4.78 is 10.5. The molecule has 106 valence electrons. The van der Waals surface area contributed by atoms with Gasteiger partial charge in [0.2, 0.25) is 0 Å². The minimum absolute atomic E-state index is 0.239. The fourth-order valence-corrected chi connectivity index (χ4v) is 1.67. The Kier molecular flexibility index (Phi) is 5.83. The van der Waals surface area contributed by atoms with Crippen molar-refractivity contribution in [1.82, 2.24) is 5.32 Å². The predicted molar refractivity (Wildman–Crippen MR) is 75.4 cm³/mol. The minimum Gasteiger partial charge on any atom is -0.491 e. The topological polar surface area (TPSA) is 47.6 Å². The van der Waals surface area contributed by atoms with Crippen molar-refractivity contribution in [2.75, 3.05) is 20.3 Å². The lowest BCUT2D eigenvalue weighted by Crippen LogP contribution is -2.54. The van der Waals surface area contributed by atoms with Gasteiger partial charge < -0.3 is 9.47 Å². The SMILES string of the molecule is CCCNC(C)(COc1ccc(C)cc1)C(=O)OC. The van der Waals surface area contributed by atoms with Crippen molar-refractivity contribution in [3.8, 4) is 5.75 Å². The number of esters is 1. The van der Waals surface area contributed by atoms with Gasteiger partial charge in [0.15, 0.2) is 0 Å². The Morgan fingerprint density at radius 2 is 1.95 bits per heavy atom. The molecule has 0 aliphatic rings. The average molecular weight is 265 g/mol. The van der Waals surface area contributed by atoms with E-state index in [1.165, 1.54) is 12.7 Å². The third-order valence-corrected chi connectivity index (χ3v) is 2.95. The molecule has 0 bridgehead atoms. The van der Waals surface area contributed by atoms with Gasteiger partial charge in [0, 0.05) is 0 Å². The Hall–Kier alpha value is -1.55. The third kappa shape index (κ3) is 4.56. The molecule has 4 nitrogen and oxygen atoms in total. The molecule has 19 heavy (non-hydrogen) atoms. The molecule has 0 radical (unpaired) electrons. The minimum atomic E-state index is -0.824. The molecule has 0 amide bonds. The van der Waals surface area contributed by atoms with E-state index < -0.39 is 5.54 Å². The van der Waals surface area contributed by atoms with Gasteiger partial charge in [-0.2, -0.15) is 0 Å². The summed E-state index contributed by atoms with van der Waals surface area (Å²) in [6.45, 7) is 6.84. The Bertz CT molecular complexity index is 402. The molecule has 0 aliphatic heterocycles. The molecule has 1 rings (SSSR count). The second kappa shape index (κ2) is 7.14. The third-order valence-electron chi connectivity index (χ3n) is 2.95. The summed E-state index contributed by atoms with van der Waals surface area (Å²) >= 11 is 0. The first kappa shape index (κ1) is 15.5. The van der Waals surface area contributed by atoms with E-state index in [9.17, 15) is 4.79 Å². The van der Waals surface area contributed by atoms with Gasteiger partial charge in [0.1, 0.15) is 17.9 Å². The maximum atomic E-state index is 11.9. The molecular formula is C15H23NO3. The Labute approximate surface area is 115 Å². The lowest BCUT2D eigenvalue weighted by atomic mass is 10.0. The van der Waals surface area contributed by atoms with E-state index in [-0.39, 0.29) is 12.6 Å². The highest BCUT2D eigenvalue weighted by Crippen LogP contribution is 2.15. The van der Waals surface area contributed by atoms with Gasteiger partial charge in [-0.15, -0.1) is 0 Å². The zero-order chi connectivity index (χ0) is 14.3. The molecule has 0 saturated carbocycles. The van der Waals surface area contributed by atoms with Gasteiger partial charge in [-0.25, -0.2) is 4.79 Å². The fraction of sp³-hybridized carbons (Fsp3) is 0.533. The highest BCUT2D eigenvalue weighted by Gasteiger charge is 2.34. The summed E-state index contributed by atoms with van der Waals surface area (Å²) in [7, 11) is 1.39. The molecule has 0 aromatic heterocycles. The number of rotatable bonds is 7. The van der Waals surface area contributed by atoms with Gasteiger partial charge in [0.25, 0.3) is 0 Å². The first-order valence-corrected chi connectivity index (χ1v) is 6.54. The average Bonchev–Trinajstić information content (AvgIpc) is 2.43. The molecule has 0 heterocycles. The van der Waals surface area contributed by atoms with Crippen LogP contribution in [0.4, 0.5) is 0 Å². The highest BCUT2D eigenvalue weighted by atomic mass is 16.5. The maximum absolute atomic E-state index is 11.9. The van der Waals surface area contributed by atoms with Crippen LogP contribution in [0.3, 0.4) is 0 Å². The summed E-state index contributed by atoms with van der Waals surface area (Å²) in [5.74, 6) is 0.437. The Morgan fingerprint density at radius 3 is 2.47 bits per heavy atom. The van der Waals surface area contributed by atoms with Crippen LogP contribution >= 0.6 is 0 Å². The van der Waals surface area contributed by atoms with E-state index in [0.717, 1.165) is 18.7 Å². The van der Waals surface area contributed by atoms with E-state index in [1.807, 2.05) is 38.1 Å². The number of hydrogen-bond donors (Lipinski definition) is 1. The summed E-state index contributed by atoms with van der Waals surface area (Å²) in [5.41, 5.74) is 0.350. The molecule has 1 aromatic rings. The van der Waals surface area contributed by atoms with E-state index in [0.29, 0.717) is 0 Å². The van der Waals surface area contributed by atoms with E-state index in [1.54, 1.807) is 6.92 Å². The van der Waals surface area contributed by atoms with Crippen LogP contribution in [0.1, 0.15) is 25.8 Å². The van der Waals surface area contributed by atoms with E-state index >= 15 is 0 Å². The largest absolute Gasteiger partial charge is 0.491 e. The number of hydrogen-bond acceptors (Lipinski definition) is 4. The summed E-state index contributed by atoms with van der Waals surface area (Å²) in [5, 5.41) is 3.18. The Morgan fingerprint density at radius 1 is 1.32 bits per heavy atom. The van der Waals surface area contributed by atoms with Crippen LogP contribution in [-0.2, 0) is 9.53 Å². The molecular weight excluding hydrogens is 242 g/mol. The molecule has 4 heteroatoms. The second-order valence-corrected chi connectivity index (χ2v) is 4.85. The number of benzene rings is 1. The van der Waals surface area contributed by atoms with Crippen LogP contribution in [-0.4, -0.2) is 31.8 Å². The normalized spacial score (nSPS) is 13.7. The predicted octanol–water partition coefficient (Wildman–Crippen LogP) is 2.31. The lowest BCUT2D eigenvalue weighted by Gasteiger charge is -2.27. The zero-order valence-electron chi connectivity index (χ0n) is 12.2. The first-order chi connectivity index (χ1) is 9.01. The highest BCUT2D eigenvalue weighted by molar-refractivity contribution is 5.80. The molecule has 1 atom stereocenters. The molecule has 1 unspecified atom stereocenters. The van der Waals surface area contributed by atoms with Crippen molar-refractivity contribution >= 4 is 5.97 Å². The van der Waals surface area contributed by atoms with Gasteiger partial charge >= 0.3 is 5.97 Å². The first-order valence-electron chi connectivity index (χ1n) is 6.54. The molecule has 0 saturated heterocycles. The monoisotopic (exact) mass is 265 g/mol. The van der Waals surface area contributed by atoms with Gasteiger partial charge in [-0.3, -0.25) is 5.32 Å². The molecule has 0 aliphatic carbocycles. The van der Waals surface area contributed by atoms with Crippen LogP contribution in [0.15, 0.2) is 24.3 Å². The van der Waals surface area contributed by atoms with Crippen molar-refractivity contribution in [3.05, 3.63) is 29.8 Å². The van der Waals surface area contributed by atoms with Gasteiger partial charge in [-0.05, 0) is 38.9 Å². The smallest absolute Gasteiger partial charge is 0.329 e. The van der Waals surface area contributed by atoms with Crippen LogP contribution in [0.2, 0.25) is 0 Å².